The third-order valence-corrected chi connectivity index (χ3v) is 6.79. The number of rotatable bonds is 7. The lowest BCUT2D eigenvalue weighted by Crippen LogP contribution is -2.25. The summed E-state index contributed by atoms with van der Waals surface area (Å²) < 4.78 is 11.4. The zero-order chi connectivity index (χ0) is 23.4. The summed E-state index contributed by atoms with van der Waals surface area (Å²) in [7, 11) is 0. The first-order valence-electron chi connectivity index (χ1n) is 11.7. The van der Waals surface area contributed by atoms with Gasteiger partial charge in [-0.25, -0.2) is 4.98 Å². The molecule has 0 aliphatic carbocycles. The lowest BCUT2D eigenvalue weighted by atomic mass is 9.94. The molecule has 176 valence electrons. The van der Waals surface area contributed by atoms with Crippen molar-refractivity contribution in [2.45, 2.75) is 63.8 Å². The van der Waals surface area contributed by atoms with Gasteiger partial charge in [-0.3, -0.25) is 4.79 Å². The van der Waals surface area contributed by atoms with E-state index in [1.165, 1.54) is 5.52 Å². The molecule has 3 aromatic rings. The molecule has 1 saturated heterocycles. The molecule has 33 heavy (non-hydrogen) atoms. The van der Waals surface area contributed by atoms with Gasteiger partial charge in [0.2, 0.25) is 5.91 Å². The summed E-state index contributed by atoms with van der Waals surface area (Å²) >= 11 is 1.55. The van der Waals surface area contributed by atoms with Crippen LogP contribution in [0.4, 0.5) is 11.4 Å². The number of carbonyl (C=O) groups excluding carboxylic acids is 1. The molecule has 1 amide bonds. The minimum atomic E-state index is -0.0263. The maximum Gasteiger partial charge on any atom is 0.224 e. The van der Waals surface area contributed by atoms with E-state index in [2.05, 4.69) is 53.6 Å². The quantitative estimate of drug-likeness (QED) is 0.404. The molecular weight excluding hydrogens is 432 g/mol. The molecule has 0 bridgehead atoms. The first-order chi connectivity index (χ1) is 15.8. The SMILES string of the molecule is CCC(=O)Nc1ccc(SNc2ccc3c(c2)nc(C(C)(C)C)n3CC2CCOCC2)cc1. The van der Waals surface area contributed by atoms with Crippen molar-refractivity contribution in [3.05, 3.63) is 48.3 Å². The highest BCUT2D eigenvalue weighted by Gasteiger charge is 2.25. The number of hydrogen-bond acceptors (Lipinski definition) is 5. The van der Waals surface area contributed by atoms with Gasteiger partial charge in [0.25, 0.3) is 0 Å². The maximum absolute atomic E-state index is 11.5. The molecule has 2 aromatic carbocycles. The molecule has 0 radical (unpaired) electrons. The molecule has 0 spiro atoms. The van der Waals surface area contributed by atoms with Crippen molar-refractivity contribution in [3.63, 3.8) is 0 Å². The molecule has 1 fully saturated rings. The minimum absolute atomic E-state index is 0.0210. The van der Waals surface area contributed by atoms with Gasteiger partial charge in [-0.1, -0.05) is 27.7 Å². The van der Waals surface area contributed by atoms with Crippen molar-refractivity contribution in [2.24, 2.45) is 5.92 Å². The normalized spacial score (nSPS) is 15.0. The van der Waals surface area contributed by atoms with E-state index in [0.29, 0.717) is 12.3 Å². The lowest BCUT2D eigenvalue weighted by molar-refractivity contribution is -0.115. The van der Waals surface area contributed by atoms with E-state index >= 15 is 0 Å². The van der Waals surface area contributed by atoms with Gasteiger partial charge < -0.3 is 19.3 Å². The largest absolute Gasteiger partial charge is 0.381 e. The summed E-state index contributed by atoms with van der Waals surface area (Å²) in [5.74, 6) is 1.79. The summed E-state index contributed by atoms with van der Waals surface area (Å²) in [6.45, 7) is 11.3. The van der Waals surface area contributed by atoms with Crippen molar-refractivity contribution >= 4 is 40.3 Å². The lowest BCUT2D eigenvalue weighted by Gasteiger charge is -2.26. The number of imidazole rings is 1. The van der Waals surface area contributed by atoms with Crippen LogP contribution in [-0.2, 0) is 21.5 Å². The summed E-state index contributed by atoms with van der Waals surface area (Å²) in [6.07, 6.45) is 2.70. The number of aromatic nitrogens is 2. The Morgan fingerprint density at radius 2 is 1.82 bits per heavy atom. The van der Waals surface area contributed by atoms with Crippen LogP contribution in [0.1, 0.15) is 52.8 Å². The Labute approximate surface area is 200 Å². The molecule has 1 aliphatic heterocycles. The van der Waals surface area contributed by atoms with E-state index in [-0.39, 0.29) is 11.3 Å². The van der Waals surface area contributed by atoms with Gasteiger partial charge in [0.1, 0.15) is 5.82 Å². The second-order valence-electron chi connectivity index (χ2n) is 9.69. The first-order valence-corrected chi connectivity index (χ1v) is 12.6. The van der Waals surface area contributed by atoms with Crippen molar-refractivity contribution in [1.29, 1.82) is 0 Å². The summed E-state index contributed by atoms with van der Waals surface area (Å²) in [5.41, 5.74) is 4.03. The molecule has 7 heteroatoms. The Bertz CT molecular complexity index is 1100. The monoisotopic (exact) mass is 466 g/mol. The highest BCUT2D eigenvalue weighted by molar-refractivity contribution is 8.00. The van der Waals surface area contributed by atoms with E-state index in [9.17, 15) is 4.79 Å². The molecule has 0 atom stereocenters. The second-order valence-corrected chi connectivity index (χ2v) is 10.6. The Balaban J connectivity index is 1.50. The second kappa shape index (κ2) is 10.2. The molecule has 1 aromatic heterocycles. The minimum Gasteiger partial charge on any atom is -0.381 e. The highest BCUT2D eigenvalue weighted by Crippen LogP contribution is 2.31. The number of anilines is 2. The Kier molecular flexibility index (Phi) is 7.29. The van der Waals surface area contributed by atoms with Crippen LogP contribution in [0.5, 0.6) is 0 Å². The predicted octanol–water partition coefficient (Wildman–Crippen LogP) is 6.23. The van der Waals surface area contributed by atoms with Crippen LogP contribution in [0, 0.1) is 5.92 Å². The predicted molar refractivity (Wildman–Crippen MR) is 137 cm³/mol. The van der Waals surface area contributed by atoms with Crippen LogP contribution in [0.15, 0.2) is 47.4 Å². The molecule has 2 heterocycles. The van der Waals surface area contributed by atoms with Crippen LogP contribution in [0.25, 0.3) is 11.0 Å². The zero-order valence-corrected chi connectivity index (χ0v) is 20.8. The van der Waals surface area contributed by atoms with Crippen molar-refractivity contribution in [1.82, 2.24) is 9.55 Å². The van der Waals surface area contributed by atoms with Crippen LogP contribution in [-0.4, -0.2) is 28.7 Å². The van der Waals surface area contributed by atoms with Crippen LogP contribution >= 0.6 is 11.9 Å². The number of hydrogen-bond donors (Lipinski definition) is 2. The van der Waals surface area contributed by atoms with Crippen molar-refractivity contribution in [3.8, 4) is 0 Å². The van der Waals surface area contributed by atoms with E-state index < -0.39 is 0 Å². The average molecular weight is 467 g/mol. The summed E-state index contributed by atoms with van der Waals surface area (Å²) in [6, 6.07) is 14.3. The fourth-order valence-corrected chi connectivity index (χ4v) is 4.75. The number of carbonyl (C=O) groups is 1. The maximum atomic E-state index is 11.5. The molecule has 1 aliphatic rings. The van der Waals surface area contributed by atoms with Crippen LogP contribution in [0.2, 0.25) is 0 Å². The third kappa shape index (κ3) is 5.89. The van der Waals surface area contributed by atoms with Gasteiger partial charge in [-0.15, -0.1) is 0 Å². The van der Waals surface area contributed by atoms with Gasteiger partial charge in [-0.05, 0) is 73.2 Å². The fraction of sp³-hybridized carbons (Fsp3) is 0.462. The number of fused-ring (bicyclic) bond motifs is 1. The number of amides is 1. The van der Waals surface area contributed by atoms with E-state index in [0.717, 1.165) is 60.2 Å². The smallest absolute Gasteiger partial charge is 0.224 e. The van der Waals surface area contributed by atoms with Gasteiger partial charge >= 0.3 is 0 Å². The Morgan fingerprint density at radius 1 is 1.12 bits per heavy atom. The topological polar surface area (TPSA) is 68.2 Å². The summed E-state index contributed by atoms with van der Waals surface area (Å²) in [5, 5.41) is 2.88. The molecule has 6 nitrogen and oxygen atoms in total. The third-order valence-electron chi connectivity index (χ3n) is 5.95. The molecular formula is C26H34N4O2S. The highest BCUT2D eigenvalue weighted by atomic mass is 32.2. The molecule has 0 unspecified atom stereocenters. The van der Waals surface area contributed by atoms with E-state index in [1.807, 2.05) is 31.2 Å². The van der Waals surface area contributed by atoms with Gasteiger partial charge in [0, 0.05) is 47.9 Å². The molecule has 0 saturated carbocycles. The standard InChI is InChI=1S/C26H34N4O2S/c1-5-24(31)27-19-6-9-21(10-7-19)33-29-20-8-11-23-22(16-20)28-25(26(2,3)4)30(23)17-18-12-14-32-15-13-18/h6-11,16,18,29H,5,12-15,17H2,1-4H3,(H,27,31). The van der Waals surface area contributed by atoms with Gasteiger partial charge in [0.15, 0.2) is 0 Å². The number of nitrogens with zero attached hydrogens (tertiary/aromatic N) is 2. The Hall–Kier alpha value is -2.51. The van der Waals surface area contributed by atoms with Crippen LogP contribution < -0.4 is 10.0 Å². The first kappa shape index (κ1) is 23.6. The van der Waals surface area contributed by atoms with Crippen LogP contribution in [0.3, 0.4) is 0 Å². The van der Waals surface area contributed by atoms with Gasteiger partial charge in [0.05, 0.1) is 11.0 Å². The summed E-state index contributed by atoms with van der Waals surface area (Å²) in [4.78, 5) is 17.7. The van der Waals surface area contributed by atoms with E-state index in [4.69, 9.17) is 9.72 Å². The number of nitrogens with one attached hydrogen (secondary N) is 2. The van der Waals surface area contributed by atoms with Crippen molar-refractivity contribution < 1.29 is 9.53 Å². The number of ether oxygens (including phenoxy) is 1. The average Bonchev–Trinajstić information content (AvgIpc) is 3.17. The fourth-order valence-electron chi connectivity index (χ4n) is 4.11. The van der Waals surface area contributed by atoms with E-state index in [1.54, 1.807) is 11.9 Å². The number of benzene rings is 2. The van der Waals surface area contributed by atoms with Crippen molar-refractivity contribution in [2.75, 3.05) is 23.3 Å². The molecule has 2 N–H and O–H groups in total. The zero-order valence-electron chi connectivity index (χ0n) is 20.0. The molecule has 4 rings (SSSR count). The Morgan fingerprint density at radius 3 is 2.48 bits per heavy atom. The van der Waals surface area contributed by atoms with Gasteiger partial charge in [-0.2, -0.15) is 0 Å².